The molecular formula is C5H12AlOSi. The lowest BCUT2D eigenvalue weighted by Crippen LogP contribution is -2.36. The van der Waals surface area contributed by atoms with Gasteiger partial charge in [-0.05, 0) is 16.9 Å². The second-order valence-electron chi connectivity index (χ2n) is 2.76. The summed E-state index contributed by atoms with van der Waals surface area (Å²) in [5.74, 6) is 0. The Labute approximate surface area is 61.6 Å². The molecule has 0 aromatic heterocycles. The van der Waals surface area contributed by atoms with Gasteiger partial charge in [0, 0.05) is 16.8 Å². The van der Waals surface area contributed by atoms with E-state index in [1.54, 1.807) is 0 Å². The Morgan fingerprint density at radius 1 is 1.50 bits per heavy atom. The molecule has 0 aromatic carbocycles. The summed E-state index contributed by atoms with van der Waals surface area (Å²) >= 11 is 2.03. The Balaban J connectivity index is 2.33. The maximum absolute atomic E-state index is 5.54. The molecule has 0 amide bonds. The van der Waals surface area contributed by atoms with E-state index in [2.05, 4.69) is 0 Å². The van der Waals surface area contributed by atoms with Crippen LogP contribution in [0, 0.1) is 0 Å². The van der Waals surface area contributed by atoms with Gasteiger partial charge in [0.1, 0.15) is 0 Å². The minimum Gasteiger partial charge on any atom is -0.396 e. The fourth-order valence-corrected chi connectivity index (χ4v) is 1.94. The van der Waals surface area contributed by atoms with Gasteiger partial charge in [0.15, 0.2) is 0 Å². The molecule has 0 spiro atoms. The highest BCUT2D eigenvalue weighted by Gasteiger charge is 2.19. The van der Waals surface area contributed by atoms with Gasteiger partial charge < -0.3 is 4.74 Å². The first-order valence-electron chi connectivity index (χ1n) is 3.20. The highest BCUT2D eigenvalue weighted by molar-refractivity contribution is 6.39. The molecule has 0 aromatic rings. The van der Waals surface area contributed by atoms with Crippen LogP contribution in [0.3, 0.4) is 0 Å². The predicted octanol–water partition coefficient (Wildman–Crippen LogP) is -0.893. The molecule has 1 rings (SSSR count). The van der Waals surface area contributed by atoms with Gasteiger partial charge in [-0.25, -0.2) is 0 Å². The zero-order valence-electron chi connectivity index (χ0n) is 5.44. The van der Waals surface area contributed by atoms with E-state index in [9.17, 15) is 0 Å². The van der Waals surface area contributed by atoms with Crippen molar-refractivity contribution in [3.05, 3.63) is 0 Å². The molecule has 3 heteroatoms. The first-order valence-corrected chi connectivity index (χ1v) is 4.91. The molecule has 0 bridgehead atoms. The Morgan fingerprint density at radius 3 is 2.50 bits per heavy atom. The molecule has 0 aliphatic carbocycles. The molecule has 1 heterocycles. The second-order valence-corrected chi connectivity index (χ2v) is 7.49. The summed E-state index contributed by atoms with van der Waals surface area (Å²) in [5.41, 5.74) is 0. The molecule has 8 heavy (non-hydrogen) atoms. The minimum absolute atomic E-state index is 0.345. The third-order valence-electron chi connectivity index (χ3n) is 1.55. The lowest BCUT2D eigenvalue weighted by Gasteiger charge is -2.30. The quantitative estimate of drug-likeness (QED) is 0.400. The van der Waals surface area contributed by atoms with Crippen molar-refractivity contribution in [3.8, 4) is 0 Å². The van der Waals surface area contributed by atoms with Gasteiger partial charge in [0.05, 0.1) is 0 Å². The second kappa shape index (κ2) is 2.53. The van der Waals surface area contributed by atoms with Crippen LogP contribution in [0.4, 0.5) is 0 Å². The molecular weight excluding hydrogens is 131 g/mol. The molecule has 1 saturated heterocycles. The van der Waals surface area contributed by atoms with E-state index in [1.807, 2.05) is 16.3 Å². The van der Waals surface area contributed by atoms with Crippen molar-refractivity contribution in [3.63, 3.8) is 0 Å². The molecule has 0 saturated carbocycles. The van der Waals surface area contributed by atoms with Crippen LogP contribution in [-0.4, -0.2) is 37.2 Å². The Morgan fingerprint density at radius 2 is 2.25 bits per heavy atom. The monoisotopic (exact) mass is 143 g/mol. The highest BCUT2D eigenvalue weighted by atomic mass is 28.2. The lowest BCUT2D eigenvalue weighted by atomic mass is 10.2. The van der Waals surface area contributed by atoms with Crippen LogP contribution in [0.25, 0.3) is 0 Å². The van der Waals surface area contributed by atoms with Crippen molar-refractivity contribution in [2.24, 2.45) is 0 Å². The van der Waals surface area contributed by atoms with Gasteiger partial charge in [-0.3, -0.25) is 0 Å². The van der Waals surface area contributed by atoms with Crippen LogP contribution in [0.5, 0.6) is 0 Å². The van der Waals surface area contributed by atoms with Crippen LogP contribution in [0.1, 0.15) is 19.3 Å². The van der Waals surface area contributed by atoms with E-state index in [0.717, 1.165) is 6.61 Å². The summed E-state index contributed by atoms with van der Waals surface area (Å²) < 4.78 is 5.88. The first-order chi connectivity index (χ1) is 3.71. The Kier molecular flexibility index (Phi) is 2.16. The molecule has 1 aliphatic rings. The molecule has 1 unspecified atom stereocenters. The third-order valence-corrected chi connectivity index (χ3v) is 2.90. The summed E-state index contributed by atoms with van der Waals surface area (Å²) in [6, 6.07) is 0. The number of rotatable bonds is 0. The number of ether oxygens (including phenoxy) is 1. The van der Waals surface area contributed by atoms with Gasteiger partial charge >= 0.3 is 0 Å². The summed E-state index contributed by atoms with van der Waals surface area (Å²) in [4.78, 5) is 0. The van der Waals surface area contributed by atoms with E-state index in [0.29, 0.717) is 4.09 Å². The fourth-order valence-electron chi connectivity index (χ4n) is 0.992. The van der Waals surface area contributed by atoms with Crippen molar-refractivity contribution in [1.82, 2.24) is 0 Å². The number of hydrogen-bond donors (Lipinski definition) is 0. The maximum atomic E-state index is 5.54. The van der Waals surface area contributed by atoms with Crippen LogP contribution >= 0.6 is 0 Å². The average Bonchev–Trinajstić information content (AvgIpc) is 1.65. The topological polar surface area (TPSA) is 9.23 Å². The largest absolute Gasteiger partial charge is 0.396 e. The first kappa shape index (κ1) is 6.82. The summed E-state index contributed by atoms with van der Waals surface area (Å²) in [5, 5.41) is 0. The van der Waals surface area contributed by atoms with Crippen LogP contribution in [0.2, 0.25) is 0 Å². The standard InChI is InChI=1S/C5H11OSi.Al.H/c7-5-3-1-2-4-6-5;;/h1-4H2,7H3;;. The average molecular weight is 143 g/mol. The van der Waals surface area contributed by atoms with Crippen LogP contribution in [-0.2, 0) is 4.74 Å². The molecule has 1 nitrogen and oxygen atoms in total. The van der Waals surface area contributed by atoms with Crippen molar-refractivity contribution in [2.45, 2.75) is 23.3 Å². The minimum atomic E-state index is 0.345. The van der Waals surface area contributed by atoms with Crippen molar-refractivity contribution in [1.29, 1.82) is 0 Å². The van der Waals surface area contributed by atoms with E-state index in [1.165, 1.54) is 29.5 Å². The van der Waals surface area contributed by atoms with Crippen LogP contribution in [0.15, 0.2) is 0 Å². The Hall–Kier alpha value is 0.709. The maximum Gasteiger partial charge on any atom is 0.221 e. The third kappa shape index (κ3) is 1.91. The zero-order valence-corrected chi connectivity index (χ0v) is 8.86. The highest BCUT2D eigenvalue weighted by Crippen LogP contribution is 2.17. The van der Waals surface area contributed by atoms with Crippen molar-refractivity contribution in [2.75, 3.05) is 6.61 Å². The van der Waals surface area contributed by atoms with Gasteiger partial charge in [0.2, 0.25) is 16.3 Å². The summed E-state index contributed by atoms with van der Waals surface area (Å²) in [6.07, 6.45) is 3.97. The molecule has 0 N–H and O–H groups in total. The lowest BCUT2D eigenvalue weighted by molar-refractivity contribution is 0.0383. The Bertz CT molecular complexity index is 76.5. The van der Waals surface area contributed by atoms with E-state index < -0.39 is 0 Å². The normalized spacial score (nSPS) is 40.0. The summed E-state index contributed by atoms with van der Waals surface area (Å²) in [6.45, 7) is 1.01. The van der Waals surface area contributed by atoms with Gasteiger partial charge in [-0.2, -0.15) is 0 Å². The van der Waals surface area contributed by atoms with Gasteiger partial charge in [0.25, 0.3) is 0 Å². The molecule has 1 radical (unpaired) electrons. The van der Waals surface area contributed by atoms with Crippen molar-refractivity contribution < 1.29 is 4.74 Å². The van der Waals surface area contributed by atoms with E-state index in [4.69, 9.17) is 4.74 Å². The molecule has 1 atom stereocenters. The molecule has 1 fully saturated rings. The van der Waals surface area contributed by atoms with Crippen LogP contribution < -0.4 is 0 Å². The van der Waals surface area contributed by atoms with Gasteiger partial charge in [-0.15, -0.1) is 0 Å². The number of hydrogen-bond acceptors (Lipinski definition) is 1. The fraction of sp³-hybridized carbons (Fsp3) is 1.00. The summed E-state index contributed by atoms with van der Waals surface area (Å²) in [7, 11) is 1.20. The SMILES string of the molecule is [AlH][C]1([SiH3])CCCCO1. The zero-order chi connectivity index (χ0) is 6.04. The van der Waals surface area contributed by atoms with E-state index in [-0.39, 0.29) is 0 Å². The molecule has 1 aliphatic heterocycles. The van der Waals surface area contributed by atoms with E-state index >= 15 is 0 Å². The smallest absolute Gasteiger partial charge is 0.221 e. The van der Waals surface area contributed by atoms with Gasteiger partial charge in [-0.1, -0.05) is 6.42 Å². The predicted molar refractivity (Wildman–Crippen MR) is 39.6 cm³/mol. The van der Waals surface area contributed by atoms with Crippen molar-refractivity contribution >= 4 is 26.5 Å². The molecule has 45 valence electrons.